The standard InChI is InChI=1S/C18H22N4O/c1-2-16-15-8-10-22(11-9-17(15)21-13-20-16)18(23)19-12-14-6-4-3-5-7-14/h3-7,13H,2,8-12H2,1H3,(H,19,23). The molecular weight excluding hydrogens is 288 g/mol. The minimum absolute atomic E-state index is 0.00679. The van der Waals surface area contributed by atoms with Gasteiger partial charge in [0.2, 0.25) is 0 Å². The molecule has 0 spiro atoms. The Hall–Kier alpha value is -2.43. The average Bonchev–Trinajstić information content (AvgIpc) is 2.83. The highest BCUT2D eigenvalue weighted by atomic mass is 16.2. The number of aryl methyl sites for hydroxylation is 1. The van der Waals surface area contributed by atoms with Gasteiger partial charge in [-0.2, -0.15) is 0 Å². The molecular formula is C18H22N4O. The number of urea groups is 1. The fraction of sp³-hybridized carbons (Fsp3) is 0.389. The molecule has 0 saturated carbocycles. The van der Waals surface area contributed by atoms with Gasteiger partial charge in [0.1, 0.15) is 6.33 Å². The SMILES string of the molecule is CCc1ncnc2c1CCN(C(=O)NCc1ccccc1)CC2. The van der Waals surface area contributed by atoms with Crippen LogP contribution >= 0.6 is 0 Å². The number of carbonyl (C=O) groups excluding carboxylic acids is 1. The Labute approximate surface area is 136 Å². The number of nitrogens with one attached hydrogen (secondary N) is 1. The Balaban J connectivity index is 1.61. The summed E-state index contributed by atoms with van der Waals surface area (Å²) in [6.07, 6.45) is 4.18. The van der Waals surface area contributed by atoms with Crippen molar-refractivity contribution in [2.75, 3.05) is 13.1 Å². The number of amides is 2. The molecule has 2 heterocycles. The molecule has 0 atom stereocenters. The molecule has 2 amide bonds. The highest BCUT2D eigenvalue weighted by Crippen LogP contribution is 2.17. The van der Waals surface area contributed by atoms with E-state index in [4.69, 9.17) is 0 Å². The maximum Gasteiger partial charge on any atom is 0.317 e. The van der Waals surface area contributed by atoms with E-state index in [0.29, 0.717) is 19.6 Å². The Morgan fingerprint density at radius 3 is 2.74 bits per heavy atom. The van der Waals surface area contributed by atoms with Crippen molar-refractivity contribution in [1.29, 1.82) is 0 Å². The highest BCUT2D eigenvalue weighted by Gasteiger charge is 2.20. The molecule has 1 aliphatic heterocycles. The molecule has 0 saturated heterocycles. The van der Waals surface area contributed by atoms with E-state index < -0.39 is 0 Å². The topological polar surface area (TPSA) is 58.1 Å². The van der Waals surface area contributed by atoms with E-state index in [0.717, 1.165) is 36.2 Å². The maximum atomic E-state index is 12.4. The number of fused-ring (bicyclic) bond motifs is 1. The van der Waals surface area contributed by atoms with Crippen molar-refractivity contribution in [2.24, 2.45) is 0 Å². The van der Waals surface area contributed by atoms with Crippen LogP contribution in [0, 0.1) is 0 Å². The average molecular weight is 310 g/mol. The number of benzene rings is 1. The molecule has 5 heteroatoms. The number of hydrogen-bond donors (Lipinski definition) is 1. The molecule has 23 heavy (non-hydrogen) atoms. The molecule has 0 bridgehead atoms. The van der Waals surface area contributed by atoms with Gasteiger partial charge in [-0.3, -0.25) is 0 Å². The van der Waals surface area contributed by atoms with Crippen molar-refractivity contribution in [1.82, 2.24) is 20.2 Å². The first-order chi connectivity index (χ1) is 11.3. The normalized spacial score (nSPS) is 14.0. The first kappa shape index (κ1) is 15.5. The summed E-state index contributed by atoms with van der Waals surface area (Å²) in [5.74, 6) is 0. The van der Waals surface area contributed by atoms with Crippen molar-refractivity contribution in [3.05, 3.63) is 59.2 Å². The van der Waals surface area contributed by atoms with Gasteiger partial charge >= 0.3 is 6.03 Å². The Morgan fingerprint density at radius 2 is 1.96 bits per heavy atom. The molecule has 1 aromatic carbocycles. The zero-order chi connectivity index (χ0) is 16.1. The lowest BCUT2D eigenvalue weighted by molar-refractivity contribution is 0.199. The summed E-state index contributed by atoms with van der Waals surface area (Å²) in [7, 11) is 0. The molecule has 2 aromatic rings. The van der Waals surface area contributed by atoms with Crippen molar-refractivity contribution >= 4 is 6.03 Å². The second-order valence-corrected chi connectivity index (χ2v) is 5.73. The van der Waals surface area contributed by atoms with Gasteiger partial charge in [-0.25, -0.2) is 14.8 Å². The molecule has 0 fully saturated rings. The molecule has 5 nitrogen and oxygen atoms in total. The lowest BCUT2D eigenvalue weighted by atomic mass is 10.1. The number of carbonyl (C=O) groups is 1. The van der Waals surface area contributed by atoms with Crippen molar-refractivity contribution in [3.63, 3.8) is 0 Å². The molecule has 1 aliphatic rings. The minimum Gasteiger partial charge on any atom is -0.334 e. The van der Waals surface area contributed by atoms with Crippen LogP contribution in [-0.4, -0.2) is 34.0 Å². The van der Waals surface area contributed by atoms with E-state index in [9.17, 15) is 4.79 Å². The van der Waals surface area contributed by atoms with Crippen LogP contribution in [0.1, 0.15) is 29.4 Å². The van der Waals surface area contributed by atoms with Crippen molar-refractivity contribution in [3.8, 4) is 0 Å². The Morgan fingerprint density at radius 1 is 1.17 bits per heavy atom. The van der Waals surface area contributed by atoms with Crippen LogP contribution in [-0.2, 0) is 25.8 Å². The zero-order valence-corrected chi connectivity index (χ0v) is 13.5. The molecule has 0 aliphatic carbocycles. The molecule has 1 aromatic heterocycles. The second kappa shape index (κ2) is 7.22. The Bertz CT molecular complexity index is 672. The van der Waals surface area contributed by atoms with Crippen LogP contribution < -0.4 is 5.32 Å². The molecule has 1 N–H and O–H groups in total. The third-order valence-electron chi connectivity index (χ3n) is 4.28. The smallest absolute Gasteiger partial charge is 0.317 e. The largest absolute Gasteiger partial charge is 0.334 e. The fourth-order valence-corrected chi connectivity index (χ4v) is 2.99. The minimum atomic E-state index is -0.00679. The lowest BCUT2D eigenvalue weighted by Crippen LogP contribution is -2.41. The fourth-order valence-electron chi connectivity index (χ4n) is 2.99. The summed E-state index contributed by atoms with van der Waals surface area (Å²) in [5.41, 5.74) is 4.54. The predicted octanol–water partition coefficient (Wildman–Crippen LogP) is 2.35. The quantitative estimate of drug-likeness (QED) is 0.947. The molecule has 3 rings (SSSR count). The van der Waals surface area contributed by atoms with Gasteiger partial charge in [0.25, 0.3) is 0 Å². The van der Waals surface area contributed by atoms with Crippen LogP contribution in [0.5, 0.6) is 0 Å². The van der Waals surface area contributed by atoms with Gasteiger partial charge in [-0.15, -0.1) is 0 Å². The summed E-state index contributed by atoms with van der Waals surface area (Å²) in [6.45, 7) is 4.09. The van der Waals surface area contributed by atoms with E-state index >= 15 is 0 Å². The summed E-state index contributed by atoms with van der Waals surface area (Å²) < 4.78 is 0. The van der Waals surface area contributed by atoms with E-state index in [-0.39, 0.29) is 6.03 Å². The third kappa shape index (κ3) is 3.67. The van der Waals surface area contributed by atoms with E-state index in [2.05, 4.69) is 22.2 Å². The van der Waals surface area contributed by atoms with E-state index in [1.54, 1.807) is 6.33 Å². The van der Waals surface area contributed by atoms with Gasteiger partial charge in [0.15, 0.2) is 0 Å². The summed E-state index contributed by atoms with van der Waals surface area (Å²) in [4.78, 5) is 23.1. The Kier molecular flexibility index (Phi) is 4.86. The van der Waals surface area contributed by atoms with Gasteiger partial charge < -0.3 is 10.2 Å². The first-order valence-corrected chi connectivity index (χ1v) is 8.16. The molecule has 0 unspecified atom stereocenters. The number of rotatable bonds is 3. The second-order valence-electron chi connectivity index (χ2n) is 5.73. The van der Waals surface area contributed by atoms with Crippen molar-refractivity contribution < 1.29 is 4.79 Å². The predicted molar refractivity (Wildman–Crippen MR) is 89.1 cm³/mol. The van der Waals surface area contributed by atoms with Gasteiger partial charge in [-0.1, -0.05) is 37.3 Å². The molecule has 120 valence electrons. The summed E-state index contributed by atoms with van der Waals surface area (Å²) >= 11 is 0. The van der Waals surface area contributed by atoms with Gasteiger partial charge in [0.05, 0.1) is 0 Å². The first-order valence-electron chi connectivity index (χ1n) is 8.16. The highest BCUT2D eigenvalue weighted by molar-refractivity contribution is 5.74. The lowest BCUT2D eigenvalue weighted by Gasteiger charge is -2.20. The number of hydrogen-bond acceptors (Lipinski definition) is 3. The van der Waals surface area contributed by atoms with Crippen LogP contribution in [0.25, 0.3) is 0 Å². The van der Waals surface area contributed by atoms with Crippen LogP contribution in [0.2, 0.25) is 0 Å². The van der Waals surface area contributed by atoms with Crippen LogP contribution in [0.4, 0.5) is 4.79 Å². The summed E-state index contributed by atoms with van der Waals surface area (Å²) in [6, 6.07) is 9.96. The van der Waals surface area contributed by atoms with Gasteiger partial charge in [-0.05, 0) is 24.0 Å². The van der Waals surface area contributed by atoms with Gasteiger partial charge in [0, 0.05) is 37.4 Å². The monoisotopic (exact) mass is 310 g/mol. The van der Waals surface area contributed by atoms with Crippen LogP contribution in [0.3, 0.4) is 0 Å². The van der Waals surface area contributed by atoms with Crippen molar-refractivity contribution in [2.45, 2.75) is 32.7 Å². The number of aromatic nitrogens is 2. The van der Waals surface area contributed by atoms with Crippen LogP contribution in [0.15, 0.2) is 36.7 Å². The molecule has 0 radical (unpaired) electrons. The number of nitrogens with zero attached hydrogens (tertiary/aromatic N) is 3. The van der Waals surface area contributed by atoms with E-state index in [1.165, 1.54) is 5.56 Å². The summed E-state index contributed by atoms with van der Waals surface area (Å²) in [5, 5.41) is 3.00. The van der Waals surface area contributed by atoms with E-state index in [1.807, 2.05) is 35.2 Å². The zero-order valence-electron chi connectivity index (χ0n) is 13.5. The third-order valence-corrected chi connectivity index (χ3v) is 4.28. The maximum absolute atomic E-state index is 12.4.